The largest absolute Gasteiger partial charge is 0.481 e. The summed E-state index contributed by atoms with van der Waals surface area (Å²) in [5.74, 6) is -12.2. The zero-order valence-corrected chi connectivity index (χ0v) is 41.6. The zero-order valence-electron chi connectivity index (χ0n) is 41.6. The van der Waals surface area contributed by atoms with Gasteiger partial charge in [0.05, 0.1) is 17.4 Å². The molecule has 8 amide bonds. The first-order valence-electron chi connectivity index (χ1n) is 23.2. The molecule has 24 heteroatoms. The molecule has 0 aromatic heterocycles. The number of carboxylic acids is 2. The molecule has 0 fully saturated rings. The number of carboxylic acid groups (broad SMARTS) is 2. The Labute approximate surface area is 416 Å². The number of carbonyl (C=O) groups is 11. The quantitative estimate of drug-likeness (QED) is 0.0307. The molecule has 11 N–H and O–H groups in total. The number of nitrogens with zero attached hydrogens (tertiary/aromatic N) is 1. The van der Waals surface area contributed by atoms with Crippen molar-refractivity contribution in [2.75, 3.05) is 0 Å². The van der Waals surface area contributed by atoms with E-state index < -0.39 is 137 Å². The van der Waals surface area contributed by atoms with Crippen molar-refractivity contribution in [3.63, 3.8) is 0 Å². The second-order valence-corrected chi connectivity index (χ2v) is 18.8. The highest BCUT2D eigenvalue weighted by Crippen LogP contribution is 2.22. The summed E-state index contributed by atoms with van der Waals surface area (Å²) in [6.45, 7) is 13.2. The van der Waals surface area contributed by atoms with Gasteiger partial charge < -0.3 is 53.2 Å². The van der Waals surface area contributed by atoms with Gasteiger partial charge in [-0.1, -0.05) is 78.6 Å². The number of rotatable bonds is 29. The van der Waals surface area contributed by atoms with Crippen molar-refractivity contribution in [1.82, 2.24) is 37.2 Å². The minimum Gasteiger partial charge on any atom is -0.481 e. The molecule has 0 aliphatic carbocycles. The van der Waals surface area contributed by atoms with Crippen molar-refractivity contribution in [2.24, 2.45) is 17.1 Å². The lowest BCUT2D eigenvalue weighted by Crippen LogP contribution is -2.62. The second kappa shape index (κ2) is 28.2. The van der Waals surface area contributed by atoms with Crippen LogP contribution in [0.15, 0.2) is 48.5 Å². The first-order chi connectivity index (χ1) is 33.5. The topological polar surface area (TPSA) is 382 Å². The highest BCUT2D eigenvalue weighted by Gasteiger charge is 2.39. The van der Waals surface area contributed by atoms with Crippen molar-refractivity contribution in [3.05, 3.63) is 75.3 Å². The number of unbranched alkanes of at least 4 members (excludes halogenated alkanes) is 1. The summed E-state index contributed by atoms with van der Waals surface area (Å²) in [4.78, 5) is 155. The number of nitrogens with two attached hydrogens (primary N) is 1. The third-order valence-corrected chi connectivity index (χ3v) is 11.2. The van der Waals surface area contributed by atoms with E-state index in [0.717, 1.165) is 24.3 Å². The smallest absolute Gasteiger partial charge is 0.305 e. The molecule has 0 aliphatic rings. The predicted molar refractivity (Wildman–Crippen MR) is 258 cm³/mol. The van der Waals surface area contributed by atoms with Crippen LogP contribution >= 0.6 is 0 Å². The van der Waals surface area contributed by atoms with Crippen molar-refractivity contribution in [2.45, 2.75) is 149 Å². The highest BCUT2D eigenvalue weighted by molar-refractivity contribution is 6.37. The summed E-state index contributed by atoms with van der Waals surface area (Å²) in [6, 6.07) is 0.635. The van der Waals surface area contributed by atoms with Crippen LogP contribution in [0.1, 0.15) is 115 Å². The Morgan fingerprint density at radius 1 is 0.653 bits per heavy atom. The Morgan fingerprint density at radius 3 is 1.71 bits per heavy atom. The number of nitrogens with one attached hydrogen (secondary N) is 7. The molecule has 394 valence electrons. The maximum Gasteiger partial charge on any atom is 0.305 e. The Kier molecular flexibility index (Phi) is 23.6. The van der Waals surface area contributed by atoms with Gasteiger partial charge in [0.25, 0.3) is 17.5 Å². The Hall–Kier alpha value is -7.79. The molecule has 0 heterocycles. The number of hydrogen-bond acceptors (Lipinski definition) is 13. The summed E-state index contributed by atoms with van der Waals surface area (Å²) >= 11 is 0. The third-order valence-electron chi connectivity index (χ3n) is 11.2. The van der Waals surface area contributed by atoms with Gasteiger partial charge in [-0.15, -0.1) is 0 Å². The summed E-state index contributed by atoms with van der Waals surface area (Å²) in [5, 5.41) is 47.4. The zero-order chi connectivity index (χ0) is 54.6. The van der Waals surface area contributed by atoms with Gasteiger partial charge in [0.2, 0.25) is 41.2 Å². The van der Waals surface area contributed by atoms with E-state index in [1.807, 2.05) is 6.92 Å². The van der Waals surface area contributed by atoms with Crippen molar-refractivity contribution in [3.8, 4) is 0 Å². The number of aliphatic carboxylic acids is 2. The average molecular weight is 1010 g/mol. The number of ketones is 1. The maximum atomic E-state index is 14.5. The Balaban J connectivity index is 2.47. The van der Waals surface area contributed by atoms with Crippen LogP contribution in [0, 0.1) is 28.4 Å². The van der Waals surface area contributed by atoms with Gasteiger partial charge in [0.1, 0.15) is 36.3 Å². The third kappa shape index (κ3) is 19.9. The number of benzene rings is 2. The molecule has 2 aromatic rings. The van der Waals surface area contributed by atoms with Gasteiger partial charge in [-0.05, 0) is 67.7 Å². The molecule has 0 unspecified atom stereocenters. The van der Waals surface area contributed by atoms with E-state index >= 15 is 0 Å². The number of non-ortho nitro benzene ring substituents is 1. The van der Waals surface area contributed by atoms with Gasteiger partial charge in [-0.25, -0.2) is 0 Å². The van der Waals surface area contributed by atoms with Crippen LogP contribution < -0.4 is 43.0 Å². The van der Waals surface area contributed by atoms with Crippen LogP contribution in [-0.2, 0) is 54.4 Å². The number of hydrogen-bond donors (Lipinski definition) is 10. The molecule has 0 aliphatic heterocycles. The minimum atomic E-state index is -1.90. The van der Waals surface area contributed by atoms with E-state index in [1.54, 1.807) is 65.8 Å². The van der Waals surface area contributed by atoms with Gasteiger partial charge in [-0.3, -0.25) is 62.9 Å². The summed E-state index contributed by atoms with van der Waals surface area (Å²) in [7, 11) is 0. The van der Waals surface area contributed by atoms with Gasteiger partial charge >= 0.3 is 11.9 Å². The summed E-state index contributed by atoms with van der Waals surface area (Å²) in [5.41, 5.74) is 5.04. The van der Waals surface area contributed by atoms with Crippen molar-refractivity contribution in [1.29, 1.82) is 0 Å². The van der Waals surface area contributed by atoms with Crippen LogP contribution in [0.25, 0.3) is 0 Å². The molecular formula is C48H67N9O15. The first-order valence-corrected chi connectivity index (χ1v) is 23.2. The van der Waals surface area contributed by atoms with E-state index in [9.17, 15) is 73.1 Å². The number of amides is 8. The van der Waals surface area contributed by atoms with Gasteiger partial charge in [0.15, 0.2) is 0 Å². The SMILES string of the molecule is CCCC[C@H](NC(=O)[C@H](CC(C)C)NC(=O)[C@@H](NC(=O)[C@H](Cc1ccccc1C)NC(=O)[C@H](CCC(=O)O)NC(=O)[C@H](CC(=O)O)NC(=O)[C@H](C)NC(=O)c1ccc([N+](=O)[O-])cc1)C(C)(C)C)C(=O)C(N)=O. The molecule has 24 nitrogen and oxygen atoms in total. The lowest BCUT2D eigenvalue weighted by molar-refractivity contribution is -0.384. The van der Waals surface area contributed by atoms with Crippen LogP contribution in [0.2, 0.25) is 0 Å². The fourth-order valence-electron chi connectivity index (χ4n) is 7.11. The minimum absolute atomic E-state index is 0.0658. The van der Waals surface area contributed by atoms with E-state index in [1.165, 1.54) is 6.92 Å². The molecule has 0 saturated carbocycles. The molecule has 0 spiro atoms. The van der Waals surface area contributed by atoms with Gasteiger partial charge in [-0.2, -0.15) is 0 Å². The molecule has 0 bridgehead atoms. The fourth-order valence-corrected chi connectivity index (χ4v) is 7.11. The Morgan fingerprint density at radius 2 is 1.18 bits per heavy atom. The Bertz CT molecular complexity index is 2330. The molecule has 0 saturated heterocycles. The monoisotopic (exact) mass is 1010 g/mol. The maximum absolute atomic E-state index is 14.5. The number of nitro groups is 1. The summed E-state index contributed by atoms with van der Waals surface area (Å²) < 4.78 is 0. The molecule has 72 heavy (non-hydrogen) atoms. The van der Waals surface area contributed by atoms with Crippen LogP contribution in [0.3, 0.4) is 0 Å². The average Bonchev–Trinajstić information content (AvgIpc) is 3.29. The molecule has 2 rings (SSSR count). The second-order valence-electron chi connectivity index (χ2n) is 18.8. The van der Waals surface area contributed by atoms with Crippen LogP contribution in [-0.4, -0.2) is 122 Å². The fraction of sp³-hybridized carbons (Fsp3) is 0.521. The lowest BCUT2D eigenvalue weighted by Gasteiger charge is -2.34. The lowest BCUT2D eigenvalue weighted by atomic mass is 9.85. The van der Waals surface area contributed by atoms with Crippen LogP contribution in [0.5, 0.6) is 0 Å². The van der Waals surface area contributed by atoms with Gasteiger partial charge in [0, 0.05) is 30.5 Å². The number of primary amides is 1. The normalized spacial score (nSPS) is 14.1. The van der Waals surface area contributed by atoms with E-state index in [0.29, 0.717) is 24.0 Å². The molecule has 7 atom stereocenters. The van der Waals surface area contributed by atoms with Crippen molar-refractivity contribution >= 4 is 70.7 Å². The van der Waals surface area contributed by atoms with Crippen molar-refractivity contribution < 1.29 is 67.9 Å². The predicted octanol–water partition coefficient (Wildman–Crippen LogP) is 0.849. The van der Waals surface area contributed by atoms with E-state index in [2.05, 4.69) is 37.2 Å². The standard InChI is InChI=1S/C48H67N9O15/c1-9-10-15-31(38(62)40(49)63)51-44(67)33(22-25(2)3)55-47(70)39(48(6,7)8)56-46(69)34(23-29-14-12-11-13-26(29)4)54-43(66)32(20-21-36(58)59)52-45(68)35(24-37(60)61)53-41(64)27(5)50-42(65)28-16-18-30(19-17-28)57(71)72/h11-14,16-19,25,27,31-35,39H,9-10,15,20-24H2,1-8H3,(H2,49,63)(H,50,65)(H,51,67)(H,52,68)(H,53,64)(H,54,66)(H,55,70)(H,56,69)(H,58,59)(H,60,61)/t27-,31-,32-,33-,34-,35-,39+/m0/s1. The molecule has 0 radical (unpaired) electrons. The van der Waals surface area contributed by atoms with Crippen LogP contribution in [0.4, 0.5) is 5.69 Å². The number of carbonyl (C=O) groups excluding carboxylic acids is 9. The highest BCUT2D eigenvalue weighted by atomic mass is 16.6. The number of aryl methyl sites for hydroxylation is 1. The van der Waals surface area contributed by atoms with E-state index in [-0.39, 0.29) is 36.4 Å². The number of Topliss-reactive ketones (excluding diaryl/α,β-unsaturated/α-hetero) is 1. The van der Waals surface area contributed by atoms with E-state index in [4.69, 9.17) is 5.73 Å². The number of nitro benzene ring substituents is 1. The molecular weight excluding hydrogens is 943 g/mol. The first kappa shape index (κ1) is 60.3. The summed E-state index contributed by atoms with van der Waals surface area (Å²) in [6.07, 6.45) is -1.30. The molecule has 2 aromatic carbocycles.